The van der Waals surface area contributed by atoms with Crippen LogP contribution in [0.2, 0.25) is 0 Å². The van der Waals surface area contributed by atoms with Crippen molar-refractivity contribution in [3.05, 3.63) is 182 Å². The Bertz CT molecular complexity index is 2830. The van der Waals surface area contributed by atoms with E-state index in [9.17, 15) is 0 Å². The number of aromatic nitrogens is 2. The molecule has 0 unspecified atom stereocenters. The maximum Gasteiger partial charge on any atom is 0.160 e. The lowest BCUT2D eigenvalue weighted by Gasteiger charge is -2.12. The van der Waals surface area contributed by atoms with Gasteiger partial charge < -0.3 is 4.42 Å². The van der Waals surface area contributed by atoms with Crippen LogP contribution in [0.3, 0.4) is 0 Å². The molecule has 3 nitrogen and oxygen atoms in total. The molecule has 0 bridgehead atoms. The molecule has 2 aromatic heterocycles. The Labute approximate surface area is 295 Å². The molecule has 0 atom stereocenters. The van der Waals surface area contributed by atoms with Gasteiger partial charge in [-0.1, -0.05) is 152 Å². The lowest BCUT2D eigenvalue weighted by molar-refractivity contribution is 0.670. The lowest BCUT2D eigenvalue weighted by atomic mass is 9.94. The van der Waals surface area contributed by atoms with Gasteiger partial charge in [0, 0.05) is 33.0 Å². The summed E-state index contributed by atoms with van der Waals surface area (Å²) in [5.74, 6) is 0.687. The van der Waals surface area contributed by atoms with E-state index in [0.29, 0.717) is 5.82 Å². The topological polar surface area (TPSA) is 38.9 Å². The second kappa shape index (κ2) is 11.9. The van der Waals surface area contributed by atoms with Gasteiger partial charge in [-0.05, 0) is 68.6 Å². The van der Waals surface area contributed by atoms with Crippen molar-refractivity contribution in [2.45, 2.75) is 0 Å². The van der Waals surface area contributed by atoms with Crippen LogP contribution in [-0.4, -0.2) is 9.97 Å². The van der Waals surface area contributed by atoms with Crippen LogP contribution in [-0.2, 0) is 0 Å². The zero-order valence-corrected chi connectivity index (χ0v) is 27.6. The molecule has 3 heteroatoms. The number of fused-ring (bicyclic) bond motifs is 5. The van der Waals surface area contributed by atoms with Crippen LogP contribution < -0.4 is 0 Å². The van der Waals surface area contributed by atoms with E-state index in [1.165, 1.54) is 27.3 Å². The van der Waals surface area contributed by atoms with Crippen LogP contribution in [0.1, 0.15) is 0 Å². The summed E-state index contributed by atoms with van der Waals surface area (Å²) in [6, 6.07) is 63.8. The summed E-state index contributed by atoms with van der Waals surface area (Å²) in [6.45, 7) is 0. The third kappa shape index (κ3) is 5.15. The number of hydrogen-bond donors (Lipinski definition) is 0. The fourth-order valence-electron chi connectivity index (χ4n) is 7.28. The summed E-state index contributed by atoms with van der Waals surface area (Å²) >= 11 is 0. The Morgan fingerprint density at radius 2 is 0.922 bits per heavy atom. The van der Waals surface area contributed by atoms with Crippen molar-refractivity contribution in [3.63, 3.8) is 0 Å². The summed E-state index contributed by atoms with van der Waals surface area (Å²) < 4.78 is 6.86. The van der Waals surface area contributed by atoms with Crippen molar-refractivity contribution in [1.82, 2.24) is 9.97 Å². The SMILES string of the molecule is c1ccc(-c2cc(-c3ccc(-c4ccc(-c5ccc6ccccc6c5)cc4)c4oc5cc6ccccc6cc5c34)nc(-c3ccccc3)n2)cc1. The molecule has 10 rings (SSSR count). The summed E-state index contributed by atoms with van der Waals surface area (Å²) in [5.41, 5.74) is 11.0. The highest BCUT2D eigenvalue weighted by molar-refractivity contribution is 6.18. The third-order valence-electron chi connectivity index (χ3n) is 9.87. The van der Waals surface area contributed by atoms with Crippen molar-refractivity contribution < 1.29 is 4.42 Å². The van der Waals surface area contributed by atoms with E-state index >= 15 is 0 Å². The zero-order valence-electron chi connectivity index (χ0n) is 27.6. The molecule has 0 fully saturated rings. The standard InChI is InChI=1S/C48H30N2O/c1-3-12-34(13-4-1)43-30-44(50-48(49-43)35-14-5-2-6-15-35)41-26-25-40(47-46(41)42-28-37-17-9-10-18-38(37)29-45(42)51-47)33-22-19-32(20-23-33)39-24-21-31-11-7-8-16-36(31)27-39/h1-30H. The van der Waals surface area contributed by atoms with E-state index in [1.807, 2.05) is 36.4 Å². The quantitative estimate of drug-likeness (QED) is 0.186. The van der Waals surface area contributed by atoms with Crippen molar-refractivity contribution in [2.24, 2.45) is 0 Å². The highest BCUT2D eigenvalue weighted by Crippen LogP contribution is 2.43. The van der Waals surface area contributed by atoms with Gasteiger partial charge in [-0.2, -0.15) is 0 Å². The summed E-state index contributed by atoms with van der Waals surface area (Å²) in [5, 5.41) is 6.90. The first-order valence-electron chi connectivity index (χ1n) is 17.2. The molecule has 0 aliphatic carbocycles. The molecular weight excluding hydrogens is 621 g/mol. The minimum absolute atomic E-state index is 0.687. The lowest BCUT2D eigenvalue weighted by Crippen LogP contribution is -1.96. The van der Waals surface area contributed by atoms with Crippen LogP contribution in [0.25, 0.3) is 99.6 Å². The van der Waals surface area contributed by atoms with Crippen LogP contribution >= 0.6 is 0 Å². The predicted molar refractivity (Wildman–Crippen MR) is 212 cm³/mol. The minimum atomic E-state index is 0.687. The summed E-state index contributed by atoms with van der Waals surface area (Å²) in [4.78, 5) is 10.3. The van der Waals surface area contributed by atoms with Crippen LogP contribution in [0.15, 0.2) is 186 Å². The van der Waals surface area contributed by atoms with Crippen molar-refractivity contribution in [2.75, 3.05) is 0 Å². The van der Waals surface area contributed by atoms with E-state index in [2.05, 4.69) is 146 Å². The number of benzene rings is 8. The van der Waals surface area contributed by atoms with Gasteiger partial charge in [0.25, 0.3) is 0 Å². The maximum absolute atomic E-state index is 6.86. The molecule has 0 N–H and O–H groups in total. The second-order valence-corrected chi connectivity index (χ2v) is 13.0. The molecule has 0 aliphatic heterocycles. The number of rotatable bonds is 5. The summed E-state index contributed by atoms with van der Waals surface area (Å²) in [7, 11) is 0. The van der Waals surface area contributed by atoms with E-state index in [-0.39, 0.29) is 0 Å². The third-order valence-corrected chi connectivity index (χ3v) is 9.87. The van der Waals surface area contributed by atoms with E-state index in [4.69, 9.17) is 14.4 Å². The highest BCUT2D eigenvalue weighted by Gasteiger charge is 2.20. The Balaban J connectivity index is 1.19. The molecule has 0 radical (unpaired) electrons. The number of hydrogen-bond acceptors (Lipinski definition) is 3. The largest absolute Gasteiger partial charge is 0.455 e. The fourth-order valence-corrected chi connectivity index (χ4v) is 7.28. The van der Waals surface area contributed by atoms with Gasteiger partial charge in [0.1, 0.15) is 11.2 Å². The average molecular weight is 651 g/mol. The molecule has 0 amide bonds. The van der Waals surface area contributed by atoms with Gasteiger partial charge in [-0.15, -0.1) is 0 Å². The van der Waals surface area contributed by atoms with Gasteiger partial charge in [0.2, 0.25) is 0 Å². The first-order chi connectivity index (χ1) is 25.2. The van der Waals surface area contributed by atoms with Gasteiger partial charge in [-0.25, -0.2) is 9.97 Å². The molecule has 8 aromatic carbocycles. The monoisotopic (exact) mass is 650 g/mol. The molecule has 0 saturated heterocycles. The van der Waals surface area contributed by atoms with Crippen LogP contribution in [0.4, 0.5) is 0 Å². The fraction of sp³-hybridized carbons (Fsp3) is 0. The van der Waals surface area contributed by atoms with E-state index in [1.54, 1.807) is 0 Å². The normalized spacial score (nSPS) is 11.5. The Kier molecular flexibility index (Phi) is 6.81. The Hall–Kier alpha value is -6.84. The molecule has 0 saturated carbocycles. The van der Waals surface area contributed by atoms with Crippen LogP contribution in [0, 0.1) is 0 Å². The molecule has 10 aromatic rings. The highest BCUT2D eigenvalue weighted by atomic mass is 16.3. The van der Waals surface area contributed by atoms with Crippen molar-refractivity contribution >= 4 is 43.5 Å². The smallest absolute Gasteiger partial charge is 0.160 e. The van der Waals surface area contributed by atoms with Gasteiger partial charge in [-0.3, -0.25) is 0 Å². The van der Waals surface area contributed by atoms with Gasteiger partial charge >= 0.3 is 0 Å². The molecule has 51 heavy (non-hydrogen) atoms. The van der Waals surface area contributed by atoms with Gasteiger partial charge in [0.05, 0.1) is 11.4 Å². The average Bonchev–Trinajstić information content (AvgIpc) is 3.58. The molecule has 238 valence electrons. The Morgan fingerprint density at radius 3 is 1.67 bits per heavy atom. The maximum atomic E-state index is 6.86. The zero-order chi connectivity index (χ0) is 33.7. The molecule has 0 spiro atoms. The number of furan rings is 1. The van der Waals surface area contributed by atoms with Crippen LogP contribution in [0.5, 0.6) is 0 Å². The van der Waals surface area contributed by atoms with Crippen molar-refractivity contribution in [3.8, 4) is 56.2 Å². The Morgan fingerprint density at radius 1 is 0.353 bits per heavy atom. The molecule has 0 aliphatic rings. The second-order valence-electron chi connectivity index (χ2n) is 13.0. The van der Waals surface area contributed by atoms with Gasteiger partial charge in [0.15, 0.2) is 5.82 Å². The summed E-state index contributed by atoms with van der Waals surface area (Å²) in [6.07, 6.45) is 0. The molecule has 2 heterocycles. The number of nitrogens with zero attached hydrogens (tertiary/aromatic N) is 2. The van der Waals surface area contributed by atoms with Crippen molar-refractivity contribution in [1.29, 1.82) is 0 Å². The first kappa shape index (κ1) is 29.1. The van der Waals surface area contributed by atoms with E-state index < -0.39 is 0 Å². The minimum Gasteiger partial charge on any atom is -0.455 e. The molecular formula is C48H30N2O. The first-order valence-corrected chi connectivity index (χ1v) is 17.2. The van der Waals surface area contributed by atoms with E-state index in [0.717, 1.165) is 66.5 Å². The predicted octanol–water partition coefficient (Wildman–Crippen LogP) is 13.0.